The van der Waals surface area contributed by atoms with Crippen molar-refractivity contribution in [3.8, 4) is 22.3 Å². The van der Waals surface area contributed by atoms with Gasteiger partial charge in [0.1, 0.15) is 5.82 Å². The maximum absolute atomic E-state index is 15.0. The van der Waals surface area contributed by atoms with Crippen LogP contribution in [0.3, 0.4) is 0 Å². The first kappa shape index (κ1) is 23.9. The highest BCUT2D eigenvalue weighted by molar-refractivity contribution is 6.01. The first-order chi connectivity index (χ1) is 15.9. The van der Waals surface area contributed by atoms with Gasteiger partial charge in [0.05, 0.1) is 17.9 Å². The monoisotopic (exact) mass is 447 g/mol. The highest BCUT2D eigenvalue weighted by Crippen LogP contribution is 2.35. The molecule has 0 amide bonds. The van der Waals surface area contributed by atoms with Crippen molar-refractivity contribution in [2.75, 3.05) is 0 Å². The third-order valence-corrected chi connectivity index (χ3v) is 5.28. The number of hydrogen-bond acceptors (Lipinski definition) is 5. The maximum atomic E-state index is 15.0. The Kier molecular flexibility index (Phi) is 7.40. The van der Waals surface area contributed by atoms with Gasteiger partial charge in [-0.1, -0.05) is 58.0 Å². The minimum atomic E-state index is -0.380. The third kappa shape index (κ3) is 4.85. The number of pyridine rings is 1. The fourth-order valence-electron chi connectivity index (χ4n) is 3.77. The Morgan fingerprint density at radius 2 is 1.79 bits per heavy atom. The van der Waals surface area contributed by atoms with Gasteiger partial charge in [0, 0.05) is 35.3 Å². The first-order valence-electron chi connectivity index (χ1n) is 10.9. The normalized spacial score (nSPS) is 11.5. The highest BCUT2D eigenvalue weighted by atomic mass is 19.1. The average Bonchev–Trinajstić information content (AvgIpc) is 3.26. The minimum Gasteiger partial charge on any atom is -0.382 e. The summed E-state index contributed by atoms with van der Waals surface area (Å²) in [5.74, 6) is 5.32. The number of halogens is 1. The van der Waals surface area contributed by atoms with Crippen LogP contribution in [0, 0.1) is 5.82 Å². The Morgan fingerprint density at radius 1 is 1.06 bits per heavy atom. The van der Waals surface area contributed by atoms with E-state index in [1.54, 1.807) is 10.9 Å². The number of benzene rings is 2. The van der Waals surface area contributed by atoms with Crippen LogP contribution < -0.4 is 17.1 Å². The topological polar surface area (TPSA) is 107 Å². The molecule has 2 aromatic heterocycles. The summed E-state index contributed by atoms with van der Waals surface area (Å²) in [7, 11) is 1.87. The Morgan fingerprint density at radius 3 is 2.42 bits per heavy atom. The van der Waals surface area contributed by atoms with E-state index in [1.807, 2.05) is 77.3 Å². The van der Waals surface area contributed by atoms with Crippen LogP contribution in [0.2, 0.25) is 0 Å². The SMILES string of the molecule is CC.CC(C)c1cc(-c2c(F)cnc3cc(-c4cnn(C)c4)ccc23)ccc1/C(N)=N/NN. The largest absolute Gasteiger partial charge is 0.382 e. The van der Waals surface area contributed by atoms with Crippen LogP contribution in [-0.2, 0) is 7.05 Å². The molecule has 2 aromatic carbocycles. The number of aromatic nitrogens is 3. The van der Waals surface area contributed by atoms with Gasteiger partial charge < -0.3 is 5.73 Å². The van der Waals surface area contributed by atoms with Crippen molar-refractivity contribution in [1.82, 2.24) is 20.3 Å². The van der Waals surface area contributed by atoms with Gasteiger partial charge in [-0.3, -0.25) is 9.67 Å². The number of hydrogen-bond donors (Lipinski definition) is 3. The summed E-state index contributed by atoms with van der Waals surface area (Å²) in [5, 5.41) is 8.83. The van der Waals surface area contributed by atoms with Crippen molar-refractivity contribution in [3.05, 3.63) is 71.9 Å². The first-order valence-corrected chi connectivity index (χ1v) is 10.9. The zero-order valence-electron chi connectivity index (χ0n) is 19.6. The molecule has 0 radical (unpaired) electrons. The number of nitrogens with two attached hydrogens (primary N) is 2. The van der Waals surface area contributed by atoms with E-state index in [1.165, 1.54) is 6.20 Å². The summed E-state index contributed by atoms with van der Waals surface area (Å²) >= 11 is 0. The highest BCUT2D eigenvalue weighted by Gasteiger charge is 2.17. The number of nitrogens with zero attached hydrogens (tertiary/aromatic N) is 4. The smallest absolute Gasteiger partial charge is 0.152 e. The van der Waals surface area contributed by atoms with Crippen molar-refractivity contribution in [2.45, 2.75) is 33.6 Å². The van der Waals surface area contributed by atoms with Gasteiger partial charge in [-0.25, -0.2) is 15.8 Å². The zero-order valence-corrected chi connectivity index (χ0v) is 19.6. The molecule has 0 atom stereocenters. The number of hydrazone groups is 1. The van der Waals surface area contributed by atoms with Crippen molar-refractivity contribution in [3.63, 3.8) is 0 Å². The molecule has 0 aliphatic heterocycles. The molecule has 8 heteroatoms. The fourth-order valence-corrected chi connectivity index (χ4v) is 3.77. The standard InChI is InChI=1S/C23H24FN7.C2H6/c1-13(2)19-8-15(5-6-17(19)23(25)29-30-26)22-18-7-4-14(16-10-28-31(3)12-16)9-21(18)27-11-20(22)24;1-2/h4-13,30H,26H2,1-3H3,(H2,25,29);1-2H3. The Balaban J connectivity index is 0.00000149. The summed E-state index contributed by atoms with van der Waals surface area (Å²) in [5.41, 5.74) is 13.9. The van der Waals surface area contributed by atoms with E-state index in [-0.39, 0.29) is 17.6 Å². The van der Waals surface area contributed by atoms with Gasteiger partial charge in [0.15, 0.2) is 5.84 Å². The molecule has 0 saturated carbocycles. The van der Waals surface area contributed by atoms with Crippen LogP contribution in [0.1, 0.15) is 44.7 Å². The number of aryl methyl sites for hydroxylation is 1. The lowest BCUT2D eigenvalue weighted by Gasteiger charge is -2.16. The van der Waals surface area contributed by atoms with Crippen molar-refractivity contribution in [1.29, 1.82) is 0 Å². The number of nitrogens with one attached hydrogen (secondary N) is 1. The van der Waals surface area contributed by atoms with Crippen LogP contribution in [0.4, 0.5) is 4.39 Å². The molecule has 0 aliphatic carbocycles. The van der Waals surface area contributed by atoms with Gasteiger partial charge in [0.2, 0.25) is 0 Å². The summed E-state index contributed by atoms with van der Waals surface area (Å²) in [4.78, 5) is 4.32. The average molecular weight is 448 g/mol. The van der Waals surface area contributed by atoms with E-state index in [2.05, 4.69) is 20.7 Å². The Labute approximate surface area is 193 Å². The van der Waals surface area contributed by atoms with Gasteiger partial charge in [0.25, 0.3) is 0 Å². The Hall–Kier alpha value is -3.78. The van der Waals surface area contributed by atoms with Crippen molar-refractivity contribution >= 4 is 16.7 Å². The molecule has 0 bridgehead atoms. The fraction of sp³-hybridized carbons (Fsp3) is 0.240. The van der Waals surface area contributed by atoms with E-state index < -0.39 is 0 Å². The zero-order chi connectivity index (χ0) is 24.1. The lowest BCUT2D eigenvalue weighted by molar-refractivity contribution is 0.627. The van der Waals surface area contributed by atoms with Gasteiger partial charge in [-0.2, -0.15) is 5.10 Å². The molecule has 0 unspecified atom stereocenters. The van der Waals surface area contributed by atoms with Gasteiger partial charge in [-0.05, 0) is 28.7 Å². The molecule has 172 valence electrons. The second-order valence-electron chi connectivity index (χ2n) is 7.70. The molecule has 4 rings (SSSR count). The van der Waals surface area contributed by atoms with E-state index in [9.17, 15) is 4.39 Å². The second-order valence-corrected chi connectivity index (χ2v) is 7.70. The summed E-state index contributed by atoms with van der Waals surface area (Å²) < 4.78 is 16.7. The van der Waals surface area contributed by atoms with Crippen LogP contribution in [-0.4, -0.2) is 20.6 Å². The molecule has 0 spiro atoms. The molecule has 2 heterocycles. The van der Waals surface area contributed by atoms with Crippen LogP contribution >= 0.6 is 0 Å². The van der Waals surface area contributed by atoms with Gasteiger partial charge >= 0.3 is 0 Å². The van der Waals surface area contributed by atoms with Crippen LogP contribution in [0.5, 0.6) is 0 Å². The van der Waals surface area contributed by atoms with Crippen molar-refractivity contribution < 1.29 is 4.39 Å². The van der Waals surface area contributed by atoms with E-state index in [0.29, 0.717) is 11.1 Å². The predicted octanol–water partition coefficient (Wildman–Crippen LogP) is 4.67. The molecule has 0 fully saturated rings. The predicted molar refractivity (Wildman–Crippen MR) is 133 cm³/mol. The summed E-state index contributed by atoms with van der Waals surface area (Å²) in [6.45, 7) is 8.10. The summed E-state index contributed by atoms with van der Waals surface area (Å²) in [6.07, 6.45) is 4.99. The molecule has 0 aliphatic rings. The maximum Gasteiger partial charge on any atom is 0.152 e. The quantitative estimate of drug-likeness (QED) is 0.178. The number of amidine groups is 1. The third-order valence-electron chi connectivity index (χ3n) is 5.28. The molecular formula is C25H30FN7. The lowest BCUT2D eigenvalue weighted by atomic mass is 9.91. The molecule has 4 aromatic rings. The second kappa shape index (κ2) is 10.2. The molecular weight excluding hydrogens is 417 g/mol. The molecule has 5 N–H and O–H groups in total. The van der Waals surface area contributed by atoms with Crippen molar-refractivity contribution in [2.24, 2.45) is 23.7 Å². The van der Waals surface area contributed by atoms with E-state index in [4.69, 9.17) is 11.6 Å². The van der Waals surface area contributed by atoms with E-state index in [0.717, 1.165) is 33.2 Å². The molecule has 7 nitrogen and oxygen atoms in total. The number of hydrazine groups is 1. The summed E-state index contributed by atoms with van der Waals surface area (Å²) in [6, 6.07) is 11.4. The van der Waals surface area contributed by atoms with Crippen LogP contribution in [0.15, 0.2) is 60.1 Å². The Bertz CT molecular complexity index is 1290. The van der Waals surface area contributed by atoms with Crippen LogP contribution in [0.25, 0.3) is 33.2 Å². The minimum absolute atomic E-state index is 0.148. The molecule has 33 heavy (non-hydrogen) atoms. The molecule has 0 saturated heterocycles. The van der Waals surface area contributed by atoms with E-state index >= 15 is 0 Å². The number of rotatable bonds is 5. The number of fused-ring (bicyclic) bond motifs is 1. The lowest BCUT2D eigenvalue weighted by Crippen LogP contribution is -2.24. The van der Waals surface area contributed by atoms with Gasteiger partial charge in [-0.15, -0.1) is 5.10 Å².